The van der Waals surface area contributed by atoms with Gasteiger partial charge in [-0.1, -0.05) is 11.8 Å². The average Bonchev–Trinajstić information content (AvgIpc) is 3.18. The van der Waals surface area contributed by atoms with Crippen LogP contribution in [0.4, 0.5) is 5.69 Å². The van der Waals surface area contributed by atoms with Crippen LogP contribution >= 0.6 is 11.8 Å². The van der Waals surface area contributed by atoms with E-state index in [9.17, 15) is 9.59 Å². The predicted molar refractivity (Wildman–Crippen MR) is 93.9 cm³/mol. The number of anilines is 1. The van der Waals surface area contributed by atoms with Crippen LogP contribution in [0.3, 0.4) is 0 Å². The van der Waals surface area contributed by atoms with E-state index in [-0.39, 0.29) is 16.9 Å². The topological polar surface area (TPSA) is 81.0 Å². The molecule has 0 saturated heterocycles. The fourth-order valence-corrected chi connectivity index (χ4v) is 4.08. The Morgan fingerprint density at radius 2 is 2.12 bits per heavy atom. The lowest BCUT2D eigenvalue weighted by molar-refractivity contribution is -0.116. The molecule has 1 aromatic heterocycles. The summed E-state index contributed by atoms with van der Waals surface area (Å²) in [5.41, 5.74) is 2.65. The summed E-state index contributed by atoms with van der Waals surface area (Å²) in [5, 5.41) is 12.2. The SMILES string of the molecule is CC(=O)N1CCc2cc(C(=O)[C@H](C)Sc3nnnn3C3CC3)ccc21. The molecule has 1 saturated carbocycles. The lowest BCUT2D eigenvalue weighted by atomic mass is 10.0. The zero-order valence-electron chi connectivity index (χ0n) is 14.2. The number of thioether (sulfide) groups is 1. The molecule has 2 heterocycles. The van der Waals surface area contributed by atoms with Crippen molar-refractivity contribution in [2.45, 2.75) is 49.6 Å². The van der Waals surface area contributed by atoms with Crippen LogP contribution in [0.5, 0.6) is 0 Å². The number of nitrogens with zero attached hydrogens (tertiary/aromatic N) is 5. The molecule has 2 aromatic rings. The van der Waals surface area contributed by atoms with Gasteiger partial charge in [0.25, 0.3) is 0 Å². The van der Waals surface area contributed by atoms with Gasteiger partial charge >= 0.3 is 0 Å². The Labute approximate surface area is 149 Å². The molecule has 2 aliphatic rings. The molecule has 0 spiro atoms. The van der Waals surface area contributed by atoms with Gasteiger partial charge in [-0.25, -0.2) is 4.68 Å². The lowest BCUT2D eigenvalue weighted by Gasteiger charge is -2.15. The number of carbonyl (C=O) groups excluding carboxylic acids is 2. The molecule has 1 aliphatic heterocycles. The first-order valence-electron chi connectivity index (χ1n) is 8.44. The van der Waals surface area contributed by atoms with Crippen molar-refractivity contribution in [1.29, 1.82) is 0 Å². The number of hydrogen-bond donors (Lipinski definition) is 0. The molecule has 1 atom stereocenters. The van der Waals surface area contributed by atoms with Gasteiger partial charge in [0.15, 0.2) is 5.78 Å². The first-order valence-corrected chi connectivity index (χ1v) is 9.32. The van der Waals surface area contributed by atoms with Crippen LogP contribution < -0.4 is 4.90 Å². The summed E-state index contributed by atoms with van der Waals surface area (Å²) < 4.78 is 1.82. The van der Waals surface area contributed by atoms with Crippen LogP contribution in [0.1, 0.15) is 48.7 Å². The number of tetrazole rings is 1. The van der Waals surface area contributed by atoms with Crippen LogP contribution in [0.15, 0.2) is 23.4 Å². The van der Waals surface area contributed by atoms with Crippen molar-refractivity contribution in [2.75, 3.05) is 11.4 Å². The molecule has 1 aliphatic carbocycles. The Morgan fingerprint density at radius 3 is 2.84 bits per heavy atom. The van der Waals surface area contributed by atoms with E-state index in [0.29, 0.717) is 23.3 Å². The number of hydrogen-bond acceptors (Lipinski definition) is 6. The van der Waals surface area contributed by atoms with Crippen molar-refractivity contribution in [2.24, 2.45) is 0 Å². The molecule has 0 bridgehead atoms. The third kappa shape index (κ3) is 3.06. The van der Waals surface area contributed by atoms with Crippen LogP contribution in [-0.4, -0.2) is 43.7 Å². The number of benzene rings is 1. The maximum Gasteiger partial charge on any atom is 0.223 e. The summed E-state index contributed by atoms with van der Waals surface area (Å²) in [6, 6.07) is 5.99. The molecule has 0 N–H and O–H groups in total. The second kappa shape index (κ2) is 6.25. The molecule has 0 radical (unpaired) electrons. The van der Waals surface area contributed by atoms with Crippen molar-refractivity contribution in [3.63, 3.8) is 0 Å². The van der Waals surface area contributed by atoms with Crippen LogP contribution in [-0.2, 0) is 11.2 Å². The van der Waals surface area contributed by atoms with Gasteiger partial charge in [-0.3, -0.25) is 9.59 Å². The van der Waals surface area contributed by atoms with Crippen molar-refractivity contribution in [3.8, 4) is 0 Å². The van der Waals surface area contributed by atoms with E-state index >= 15 is 0 Å². The highest BCUT2D eigenvalue weighted by molar-refractivity contribution is 8.00. The van der Waals surface area contributed by atoms with Gasteiger partial charge in [0, 0.05) is 24.7 Å². The Balaban J connectivity index is 1.51. The van der Waals surface area contributed by atoms with Gasteiger partial charge in [0.1, 0.15) is 0 Å². The number of carbonyl (C=O) groups is 2. The summed E-state index contributed by atoms with van der Waals surface area (Å²) in [5.74, 6) is 0.0908. The Hall–Kier alpha value is -2.22. The normalized spacial score (nSPS) is 17.4. The van der Waals surface area contributed by atoms with Crippen molar-refractivity contribution in [3.05, 3.63) is 29.3 Å². The first-order chi connectivity index (χ1) is 12.0. The predicted octanol–water partition coefficient (Wildman–Crippen LogP) is 2.28. The Morgan fingerprint density at radius 1 is 1.32 bits per heavy atom. The summed E-state index contributed by atoms with van der Waals surface area (Å²) in [6.07, 6.45) is 2.98. The minimum atomic E-state index is -0.271. The molecular weight excluding hydrogens is 338 g/mol. The highest BCUT2D eigenvalue weighted by Crippen LogP contribution is 2.37. The minimum Gasteiger partial charge on any atom is -0.312 e. The second-order valence-electron chi connectivity index (χ2n) is 6.53. The maximum atomic E-state index is 12.8. The van der Waals surface area contributed by atoms with Crippen molar-refractivity contribution in [1.82, 2.24) is 20.2 Å². The van der Waals surface area contributed by atoms with Gasteiger partial charge < -0.3 is 4.90 Å². The molecule has 7 nitrogen and oxygen atoms in total. The number of fused-ring (bicyclic) bond motifs is 1. The molecule has 1 fully saturated rings. The maximum absolute atomic E-state index is 12.8. The van der Waals surface area contributed by atoms with Gasteiger partial charge in [0.05, 0.1) is 11.3 Å². The van der Waals surface area contributed by atoms with Crippen molar-refractivity contribution < 1.29 is 9.59 Å². The minimum absolute atomic E-state index is 0.0358. The third-order valence-corrected chi connectivity index (χ3v) is 5.69. The molecule has 0 unspecified atom stereocenters. The van der Waals surface area contributed by atoms with E-state index in [0.717, 1.165) is 30.5 Å². The van der Waals surface area contributed by atoms with E-state index in [1.54, 1.807) is 11.8 Å². The fourth-order valence-electron chi connectivity index (χ4n) is 3.14. The zero-order valence-corrected chi connectivity index (χ0v) is 15.0. The number of ketones is 1. The van der Waals surface area contributed by atoms with Gasteiger partial charge in [-0.15, -0.1) is 5.10 Å². The molecule has 130 valence electrons. The van der Waals surface area contributed by atoms with Crippen LogP contribution in [0.2, 0.25) is 0 Å². The summed E-state index contributed by atoms with van der Waals surface area (Å²) >= 11 is 1.40. The molecule has 25 heavy (non-hydrogen) atoms. The molecule has 1 amide bonds. The molecule has 8 heteroatoms. The molecular formula is C17H19N5O2S. The third-order valence-electron chi connectivity index (χ3n) is 4.65. The summed E-state index contributed by atoms with van der Waals surface area (Å²) in [4.78, 5) is 26.2. The fraction of sp³-hybridized carbons (Fsp3) is 0.471. The van der Waals surface area contributed by atoms with Gasteiger partial charge in [-0.05, 0) is 60.4 Å². The van der Waals surface area contributed by atoms with E-state index in [1.165, 1.54) is 11.8 Å². The van der Waals surface area contributed by atoms with E-state index in [4.69, 9.17) is 0 Å². The van der Waals surface area contributed by atoms with E-state index < -0.39 is 0 Å². The number of rotatable bonds is 5. The quantitative estimate of drug-likeness (QED) is 0.603. The van der Waals surface area contributed by atoms with Crippen molar-refractivity contribution >= 4 is 29.1 Å². The lowest BCUT2D eigenvalue weighted by Crippen LogP contribution is -2.25. The standard InChI is InChI=1S/C17H19N5O2S/c1-10(25-17-18-19-20-22(17)14-4-5-14)16(24)13-3-6-15-12(9-13)7-8-21(15)11(2)23/h3,6,9-10,14H,4-5,7-8H2,1-2H3/t10-/m0/s1. The largest absolute Gasteiger partial charge is 0.312 e. The Bertz CT molecular complexity index is 845. The van der Waals surface area contributed by atoms with E-state index in [2.05, 4.69) is 15.5 Å². The summed E-state index contributed by atoms with van der Waals surface area (Å²) in [7, 11) is 0. The molecule has 4 rings (SSSR count). The molecule has 1 aromatic carbocycles. The average molecular weight is 357 g/mol. The highest BCUT2D eigenvalue weighted by Gasteiger charge is 2.30. The van der Waals surface area contributed by atoms with Gasteiger partial charge in [-0.2, -0.15) is 0 Å². The highest BCUT2D eigenvalue weighted by atomic mass is 32.2. The first kappa shape index (κ1) is 16.3. The smallest absolute Gasteiger partial charge is 0.223 e. The van der Waals surface area contributed by atoms with Gasteiger partial charge in [0.2, 0.25) is 11.1 Å². The van der Waals surface area contributed by atoms with Crippen LogP contribution in [0.25, 0.3) is 0 Å². The zero-order chi connectivity index (χ0) is 17.6. The Kier molecular flexibility index (Phi) is 4.07. The number of Topliss-reactive ketones (excluding diaryl/α,β-unsaturated/α-hetero) is 1. The second-order valence-corrected chi connectivity index (χ2v) is 7.83. The number of aromatic nitrogens is 4. The van der Waals surface area contributed by atoms with E-state index in [1.807, 2.05) is 29.8 Å². The monoisotopic (exact) mass is 357 g/mol. The number of amides is 1. The summed E-state index contributed by atoms with van der Waals surface area (Å²) in [6.45, 7) is 4.13. The van der Waals surface area contributed by atoms with Crippen LogP contribution in [0, 0.1) is 0 Å².